The molecule has 0 unspecified atom stereocenters. The number of fused-ring (bicyclic) bond motifs is 2. The average Bonchev–Trinajstić information content (AvgIpc) is 3.45. The second kappa shape index (κ2) is 10.9. The molecule has 1 fully saturated rings. The molecule has 3 heterocycles. The number of allylic oxidation sites excluding steroid dienone is 1. The summed E-state index contributed by atoms with van der Waals surface area (Å²) in [7, 11) is 0. The topological polar surface area (TPSA) is 103 Å². The molecule has 39 heavy (non-hydrogen) atoms. The van der Waals surface area contributed by atoms with Gasteiger partial charge in [0.15, 0.2) is 0 Å². The highest BCUT2D eigenvalue weighted by molar-refractivity contribution is 6.07. The molecule has 0 aliphatic carbocycles. The fourth-order valence-corrected chi connectivity index (χ4v) is 5.92. The van der Waals surface area contributed by atoms with E-state index >= 15 is 0 Å². The molecule has 3 amide bonds. The lowest BCUT2D eigenvalue weighted by Gasteiger charge is -2.35. The molecular formula is C31H34N4O4. The monoisotopic (exact) mass is 526 g/mol. The highest BCUT2D eigenvalue weighted by atomic mass is 16.6. The number of benzene rings is 2. The number of nitrogens with zero attached hydrogens (tertiary/aromatic N) is 3. The third kappa shape index (κ3) is 5.14. The molecule has 3 aliphatic rings. The first kappa shape index (κ1) is 26.5. The fraction of sp³-hybridized carbons (Fsp3) is 0.419. The minimum atomic E-state index is -1.000. The zero-order chi connectivity index (χ0) is 27.6. The quantitative estimate of drug-likeness (QED) is 0.613. The van der Waals surface area contributed by atoms with Gasteiger partial charge in [0.05, 0.1) is 11.5 Å². The minimum absolute atomic E-state index is 0.0948. The molecule has 5 rings (SSSR count). The Labute approximate surface area is 229 Å². The first-order chi connectivity index (χ1) is 18.8. The van der Waals surface area contributed by atoms with Crippen LogP contribution in [-0.4, -0.2) is 52.9 Å². The van der Waals surface area contributed by atoms with Crippen molar-refractivity contribution >= 4 is 29.7 Å². The van der Waals surface area contributed by atoms with Crippen molar-refractivity contribution in [3.8, 4) is 6.07 Å². The molecule has 4 bridgehead atoms. The molecule has 1 spiro atoms. The molecule has 3 aliphatic heterocycles. The number of amides is 3. The Morgan fingerprint density at radius 2 is 2.00 bits per heavy atom. The third-order valence-corrected chi connectivity index (χ3v) is 7.91. The van der Waals surface area contributed by atoms with E-state index in [1.165, 1.54) is 9.80 Å². The van der Waals surface area contributed by atoms with E-state index in [9.17, 15) is 19.6 Å². The Kier molecular flexibility index (Phi) is 7.42. The predicted octanol–water partition coefficient (Wildman–Crippen LogP) is 4.86. The summed E-state index contributed by atoms with van der Waals surface area (Å²) in [4.78, 5) is 44.2. The molecule has 2 aromatic carbocycles. The van der Waals surface area contributed by atoms with Crippen molar-refractivity contribution in [1.82, 2.24) is 9.80 Å². The zero-order valence-electron chi connectivity index (χ0n) is 22.4. The molecule has 1 saturated heterocycles. The van der Waals surface area contributed by atoms with Gasteiger partial charge in [0, 0.05) is 25.2 Å². The van der Waals surface area contributed by atoms with Crippen molar-refractivity contribution in [1.29, 1.82) is 5.26 Å². The van der Waals surface area contributed by atoms with Crippen LogP contribution in [0.5, 0.6) is 0 Å². The number of carbonyl (C=O) groups excluding carboxylic acids is 3. The van der Waals surface area contributed by atoms with Crippen LogP contribution in [0, 0.1) is 17.2 Å². The maximum Gasteiger partial charge on any atom is 0.410 e. The summed E-state index contributed by atoms with van der Waals surface area (Å²) in [6, 6.07) is 16.0. The van der Waals surface area contributed by atoms with Gasteiger partial charge in [0.25, 0.3) is 0 Å². The molecule has 3 atom stereocenters. The van der Waals surface area contributed by atoms with Gasteiger partial charge in [-0.1, -0.05) is 62.4 Å². The molecular weight excluding hydrogens is 492 g/mol. The number of nitrogens with one attached hydrogen (secondary N) is 1. The molecule has 1 N–H and O–H groups in total. The van der Waals surface area contributed by atoms with Gasteiger partial charge in [0.2, 0.25) is 11.8 Å². The number of carbonyl (C=O) groups is 3. The molecule has 0 aromatic heterocycles. The lowest BCUT2D eigenvalue weighted by atomic mass is 9.79. The van der Waals surface area contributed by atoms with Crippen LogP contribution >= 0.6 is 0 Å². The van der Waals surface area contributed by atoms with Crippen LogP contribution in [0.4, 0.5) is 10.5 Å². The molecule has 0 saturated carbocycles. The largest absolute Gasteiger partial charge is 0.445 e. The summed E-state index contributed by atoms with van der Waals surface area (Å²) < 4.78 is 5.70. The SMILES string of the molecule is CC(C)C[C@H]1C(=O)N2C[C@]3(C[C@H]2C#N)C(=O)Nc2ccc(cc23)/C=C\CCCN1C(=O)OCc1ccccc1. The molecule has 2 aromatic rings. The lowest BCUT2D eigenvalue weighted by molar-refractivity contribution is -0.137. The Bertz CT molecular complexity index is 1330. The van der Waals surface area contributed by atoms with Crippen molar-refractivity contribution in [2.24, 2.45) is 5.92 Å². The van der Waals surface area contributed by atoms with Crippen LogP contribution < -0.4 is 5.32 Å². The van der Waals surface area contributed by atoms with Crippen LogP contribution in [-0.2, 0) is 26.3 Å². The predicted molar refractivity (Wildman–Crippen MR) is 147 cm³/mol. The molecule has 8 nitrogen and oxygen atoms in total. The second-order valence-electron chi connectivity index (χ2n) is 11.1. The first-order valence-corrected chi connectivity index (χ1v) is 13.6. The highest BCUT2D eigenvalue weighted by Gasteiger charge is 2.57. The van der Waals surface area contributed by atoms with Gasteiger partial charge < -0.3 is 15.0 Å². The Hall–Kier alpha value is -4.12. The highest BCUT2D eigenvalue weighted by Crippen LogP contribution is 2.47. The van der Waals surface area contributed by atoms with E-state index in [0.29, 0.717) is 25.8 Å². The number of anilines is 1. The number of ether oxygens (including phenoxy) is 1. The summed E-state index contributed by atoms with van der Waals surface area (Å²) in [6.07, 6.45) is 5.51. The lowest BCUT2D eigenvalue weighted by Crippen LogP contribution is -2.53. The molecule has 202 valence electrons. The standard InChI is InChI=1S/C31H34N4O4/c1-21(2)15-27-28(36)35-20-31(17-24(35)18-32)25-16-22(12-13-26(25)33-29(31)37)9-7-4-8-14-34(27)30(38)39-19-23-10-5-3-6-11-23/h3,5-7,9-13,16,21,24,27H,4,8,14-15,17,19-20H2,1-2H3,(H,33,37)/b9-7-/t24-,27-,31-/m0/s1. The van der Waals surface area contributed by atoms with Gasteiger partial charge in [-0.05, 0) is 54.0 Å². The number of hydrogen-bond donors (Lipinski definition) is 1. The van der Waals surface area contributed by atoms with E-state index in [1.54, 1.807) is 0 Å². The van der Waals surface area contributed by atoms with Crippen molar-refractivity contribution < 1.29 is 19.1 Å². The average molecular weight is 527 g/mol. The maximum atomic E-state index is 14.3. The van der Waals surface area contributed by atoms with Gasteiger partial charge in [-0.15, -0.1) is 0 Å². The zero-order valence-corrected chi connectivity index (χ0v) is 22.4. The summed E-state index contributed by atoms with van der Waals surface area (Å²) in [5.74, 6) is -0.396. The van der Waals surface area contributed by atoms with Crippen LogP contribution in [0.2, 0.25) is 0 Å². The number of nitriles is 1. The van der Waals surface area contributed by atoms with Gasteiger partial charge >= 0.3 is 6.09 Å². The van der Waals surface area contributed by atoms with Crippen LogP contribution in [0.1, 0.15) is 56.2 Å². The Morgan fingerprint density at radius 1 is 1.21 bits per heavy atom. The van der Waals surface area contributed by atoms with Crippen molar-refractivity contribution in [3.63, 3.8) is 0 Å². The van der Waals surface area contributed by atoms with E-state index < -0.39 is 23.6 Å². The first-order valence-electron chi connectivity index (χ1n) is 13.6. The van der Waals surface area contributed by atoms with Crippen LogP contribution in [0.15, 0.2) is 54.6 Å². The van der Waals surface area contributed by atoms with Crippen LogP contribution in [0.25, 0.3) is 6.08 Å². The summed E-state index contributed by atoms with van der Waals surface area (Å²) in [5, 5.41) is 13.1. The maximum absolute atomic E-state index is 14.3. The van der Waals surface area contributed by atoms with Gasteiger partial charge in [-0.2, -0.15) is 5.26 Å². The van der Waals surface area contributed by atoms with E-state index in [1.807, 2.05) is 68.5 Å². The van der Waals surface area contributed by atoms with Crippen molar-refractivity contribution in [2.45, 2.75) is 63.6 Å². The third-order valence-electron chi connectivity index (χ3n) is 7.91. The number of hydrogen-bond acceptors (Lipinski definition) is 5. The Morgan fingerprint density at radius 3 is 2.74 bits per heavy atom. The smallest absolute Gasteiger partial charge is 0.410 e. The molecule has 8 heteroatoms. The Balaban J connectivity index is 1.52. The summed E-state index contributed by atoms with van der Waals surface area (Å²) in [6.45, 7) is 4.54. The van der Waals surface area contributed by atoms with Gasteiger partial charge in [0.1, 0.15) is 18.7 Å². The fourth-order valence-electron chi connectivity index (χ4n) is 5.92. The summed E-state index contributed by atoms with van der Waals surface area (Å²) >= 11 is 0. The van der Waals surface area contributed by atoms with E-state index in [0.717, 1.165) is 22.4 Å². The van der Waals surface area contributed by atoms with Crippen molar-refractivity contribution in [2.75, 3.05) is 18.4 Å². The number of rotatable bonds is 4. The normalized spacial score (nSPS) is 25.2. The van der Waals surface area contributed by atoms with E-state index in [2.05, 4.69) is 17.5 Å². The minimum Gasteiger partial charge on any atom is -0.445 e. The van der Waals surface area contributed by atoms with Gasteiger partial charge in [-0.25, -0.2) is 4.79 Å². The van der Waals surface area contributed by atoms with Crippen LogP contribution in [0.3, 0.4) is 0 Å². The van der Waals surface area contributed by atoms with Crippen molar-refractivity contribution in [3.05, 3.63) is 71.3 Å². The summed E-state index contributed by atoms with van der Waals surface area (Å²) in [5.41, 5.74) is 2.36. The van der Waals surface area contributed by atoms with Gasteiger partial charge in [-0.3, -0.25) is 14.5 Å². The molecule has 0 radical (unpaired) electrons. The van der Waals surface area contributed by atoms with E-state index in [4.69, 9.17) is 4.74 Å². The van der Waals surface area contributed by atoms with E-state index in [-0.39, 0.29) is 37.3 Å². The second-order valence-corrected chi connectivity index (χ2v) is 11.1.